The predicted octanol–water partition coefficient (Wildman–Crippen LogP) is 3.51. The highest BCUT2D eigenvalue weighted by Gasteiger charge is 2.48. The van der Waals surface area contributed by atoms with Gasteiger partial charge in [-0.2, -0.15) is 5.06 Å². The Balaban J connectivity index is 1.30. The van der Waals surface area contributed by atoms with Gasteiger partial charge in [-0.1, -0.05) is 13.3 Å². The number of alkyl carbamates (subject to hydrolysis) is 1. The molecule has 10 heteroatoms. The molecule has 2 saturated heterocycles. The maximum atomic E-state index is 12.8. The molecule has 2 atom stereocenters. The third kappa shape index (κ3) is 4.78. The van der Waals surface area contributed by atoms with Crippen molar-refractivity contribution < 1.29 is 23.6 Å². The molecule has 4 rings (SSSR count). The van der Waals surface area contributed by atoms with Crippen LogP contribution < -0.4 is 5.32 Å². The van der Waals surface area contributed by atoms with E-state index in [2.05, 4.69) is 22.4 Å². The van der Waals surface area contributed by atoms with E-state index in [9.17, 15) is 9.59 Å². The van der Waals surface area contributed by atoms with Crippen LogP contribution in [0.4, 0.5) is 9.59 Å². The number of nitrogens with one attached hydrogen (secondary N) is 1. The first-order valence-corrected chi connectivity index (χ1v) is 11.3. The summed E-state index contributed by atoms with van der Waals surface area (Å²) in [6.07, 6.45) is 4.64. The molecular weight excluding hydrogens is 402 g/mol. The molecule has 2 bridgehead atoms. The van der Waals surface area contributed by atoms with Gasteiger partial charge in [0.15, 0.2) is 0 Å². The van der Waals surface area contributed by atoms with Crippen LogP contribution in [-0.2, 0) is 9.57 Å². The van der Waals surface area contributed by atoms with Gasteiger partial charge >= 0.3 is 12.1 Å². The maximum absolute atomic E-state index is 12.8. The van der Waals surface area contributed by atoms with Crippen LogP contribution in [0.3, 0.4) is 0 Å². The van der Waals surface area contributed by atoms with Gasteiger partial charge in [0.1, 0.15) is 11.6 Å². The van der Waals surface area contributed by atoms with Gasteiger partial charge in [-0.25, -0.2) is 9.59 Å². The van der Waals surface area contributed by atoms with Gasteiger partial charge in [-0.15, -0.1) is 10.2 Å². The van der Waals surface area contributed by atoms with Gasteiger partial charge in [0.05, 0.1) is 12.6 Å². The summed E-state index contributed by atoms with van der Waals surface area (Å²) in [5, 5.41) is 12.9. The number of piperidine rings is 1. The minimum Gasteiger partial charge on any atom is -0.444 e. The summed E-state index contributed by atoms with van der Waals surface area (Å²) in [7, 11) is 0. The van der Waals surface area contributed by atoms with Crippen molar-refractivity contribution in [3.05, 3.63) is 11.8 Å². The number of unbranched alkanes of at least 4 members (excludes halogenated alkanes) is 1. The second kappa shape index (κ2) is 8.64. The molecule has 31 heavy (non-hydrogen) atoms. The average molecular weight is 436 g/mol. The number of nitrogens with zero attached hydrogens (tertiary/aromatic N) is 4. The molecule has 1 aromatic heterocycles. The van der Waals surface area contributed by atoms with E-state index in [4.69, 9.17) is 14.0 Å². The molecule has 2 aliphatic heterocycles. The topological polar surface area (TPSA) is 110 Å². The number of carbonyl (C=O) groups is 2. The van der Waals surface area contributed by atoms with E-state index in [1.54, 1.807) is 4.90 Å². The zero-order chi connectivity index (χ0) is 22.2. The molecule has 1 N–H and O–H groups in total. The van der Waals surface area contributed by atoms with Crippen LogP contribution in [0.25, 0.3) is 0 Å². The fourth-order valence-electron chi connectivity index (χ4n) is 4.32. The molecule has 10 nitrogen and oxygen atoms in total. The van der Waals surface area contributed by atoms with Crippen molar-refractivity contribution in [2.45, 2.75) is 95.9 Å². The quantitative estimate of drug-likeness (QED) is 0.653. The summed E-state index contributed by atoms with van der Waals surface area (Å²) in [6.45, 7) is 8.79. The van der Waals surface area contributed by atoms with Crippen molar-refractivity contribution in [2.24, 2.45) is 0 Å². The van der Waals surface area contributed by atoms with E-state index in [0.29, 0.717) is 24.9 Å². The highest BCUT2D eigenvalue weighted by Crippen LogP contribution is 2.41. The van der Waals surface area contributed by atoms with Crippen LogP contribution in [0.15, 0.2) is 4.42 Å². The fraction of sp³-hybridized carbons (Fsp3) is 0.810. The minimum atomic E-state index is -0.517. The molecule has 3 fully saturated rings. The zero-order valence-electron chi connectivity index (χ0n) is 18.8. The van der Waals surface area contributed by atoms with E-state index in [-0.39, 0.29) is 30.1 Å². The third-order valence-corrected chi connectivity index (χ3v) is 6.00. The smallest absolute Gasteiger partial charge is 0.407 e. The molecule has 3 heterocycles. The van der Waals surface area contributed by atoms with Crippen molar-refractivity contribution in [3.63, 3.8) is 0 Å². The predicted molar refractivity (Wildman–Crippen MR) is 110 cm³/mol. The van der Waals surface area contributed by atoms with Crippen molar-refractivity contribution >= 4 is 12.1 Å². The van der Waals surface area contributed by atoms with E-state index in [1.165, 1.54) is 5.06 Å². The summed E-state index contributed by atoms with van der Waals surface area (Å²) < 4.78 is 11.3. The average Bonchev–Trinajstić information content (AvgIpc) is 3.23. The van der Waals surface area contributed by atoms with Gasteiger partial charge in [0, 0.05) is 18.5 Å². The number of hydrogen-bond donors (Lipinski definition) is 1. The van der Waals surface area contributed by atoms with Crippen LogP contribution >= 0.6 is 0 Å². The van der Waals surface area contributed by atoms with Crippen LogP contribution in [0.5, 0.6) is 0 Å². The number of fused-ring (bicyclic) bond motifs is 2. The second-order valence-corrected chi connectivity index (χ2v) is 9.68. The molecular formula is C21H33N5O5. The Morgan fingerprint density at radius 2 is 1.97 bits per heavy atom. The van der Waals surface area contributed by atoms with E-state index in [0.717, 1.165) is 38.5 Å². The van der Waals surface area contributed by atoms with Crippen LogP contribution in [-0.4, -0.2) is 63.1 Å². The maximum Gasteiger partial charge on any atom is 0.407 e. The summed E-state index contributed by atoms with van der Waals surface area (Å²) in [4.78, 5) is 32.2. The second-order valence-electron chi connectivity index (χ2n) is 9.68. The number of ether oxygens (including phenoxy) is 1. The first-order chi connectivity index (χ1) is 14.7. The number of hydrogen-bond acceptors (Lipinski definition) is 7. The number of hydroxylamine groups is 2. The molecule has 3 amide bonds. The molecule has 3 aliphatic rings. The Bertz CT molecular complexity index is 800. The van der Waals surface area contributed by atoms with E-state index in [1.807, 2.05) is 20.8 Å². The summed E-state index contributed by atoms with van der Waals surface area (Å²) in [6, 6.07) is -0.192. The Kier molecular flexibility index (Phi) is 6.09. The Hall–Kier alpha value is -2.36. The number of urea groups is 1. The van der Waals surface area contributed by atoms with Gasteiger partial charge in [0.25, 0.3) is 0 Å². The molecule has 172 valence electrons. The van der Waals surface area contributed by atoms with Crippen LogP contribution in [0.1, 0.15) is 90.0 Å². The normalized spacial score (nSPS) is 27.9. The lowest BCUT2D eigenvalue weighted by Crippen LogP contribution is -2.45. The number of amides is 3. The molecule has 0 aromatic carbocycles. The first-order valence-electron chi connectivity index (χ1n) is 11.3. The van der Waals surface area contributed by atoms with E-state index < -0.39 is 11.7 Å². The summed E-state index contributed by atoms with van der Waals surface area (Å²) in [5.74, 6) is 1.17. The van der Waals surface area contributed by atoms with Gasteiger partial charge in [0.2, 0.25) is 11.8 Å². The Labute approximate surface area is 182 Å². The zero-order valence-corrected chi connectivity index (χ0v) is 18.8. The lowest BCUT2D eigenvalue weighted by Gasteiger charge is -2.34. The monoisotopic (exact) mass is 435 g/mol. The molecule has 1 aromatic rings. The SMILES string of the molecule is CCCCON1C(=O)N2C[C@H]1CC[C@H]2c1nnc(C2CC(NC(=O)OC(C)(C)C)C2)o1. The van der Waals surface area contributed by atoms with Crippen molar-refractivity contribution in [3.8, 4) is 0 Å². The Morgan fingerprint density at radius 3 is 2.68 bits per heavy atom. The summed E-state index contributed by atoms with van der Waals surface area (Å²) in [5.41, 5.74) is -0.517. The van der Waals surface area contributed by atoms with Gasteiger partial charge in [-0.05, 0) is 52.9 Å². The van der Waals surface area contributed by atoms with E-state index >= 15 is 0 Å². The number of rotatable bonds is 7. The molecule has 1 aliphatic carbocycles. The minimum absolute atomic E-state index is 0.0413. The van der Waals surface area contributed by atoms with Crippen molar-refractivity contribution in [1.82, 2.24) is 25.5 Å². The number of carbonyl (C=O) groups excluding carboxylic acids is 2. The van der Waals surface area contributed by atoms with Crippen LogP contribution in [0, 0.1) is 0 Å². The third-order valence-electron chi connectivity index (χ3n) is 6.00. The molecule has 1 saturated carbocycles. The van der Waals surface area contributed by atoms with Gasteiger partial charge in [-0.3, -0.25) is 4.84 Å². The molecule has 0 radical (unpaired) electrons. The summed E-state index contributed by atoms with van der Waals surface area (Å²) >= 11 is 0. The van der Waals surface area contributed by atoms with Crippen molar-refractivity contribution in [2.75, 3.05) is 13.2 Å². The lowest BCUT2D eigenvalue weighted by atomic mass is 9.80. The fourth-order valence-corrected chi connectivity index (χ4v) is 4.32. The van der Waals surface area contributed by atoms with Crippen LogP contribution in [0.2, 0.25) is 0 Å². The molecule has 0 unspecified atom stereocenters. The standard InChI is InChI=1S/C21H33N5O5/c1-5-6-9-29-26-15-7-8-16(25(12-15)20(26)28)18-24-23-17(30-18)13-10-14(11-13)22-19(27)31-21(2,3)4/h13-16H,5-12H2,1-4H3,(H,22,27)/t13?,14?,15-,16+/m1/s1. The first kappa shape index (κ1) is 21.9. The number of aromatic nitrogens is 2. The largest absolute Gasteiger partial charge is 0.444 e. The highest BCUT2D eigenvalue weighted by atomic mass is 16.7. The molecule has 0 spiro atoms. The van der Waals surface area contributed by atoms with Crippen molar-refractivity contribution in [1.29, 1.82) is 0 Å². The Morgan fingerprint density at radius 1 is 1.23 bits per heavy atom. The lowest BCUT2D eigenvalue weighted by molar-refractivity contribution is -0.130. The van der Waals surface area contributed by atoms with Gasteiger partial charge < -0.3 is 19.4 Å². The highest BCUT2D eigenvalue weighted by molar-refractivity contribution is 5.77.